The minimum absolute atomic E-state index is 0.293. The molecular formula is C12H10ClNO2. The number of carboxylic acid groups (broad SMARTS) is 1. The van der Waals surface area contributed by atoms with Crippen molar-refractivity contribution in [2.75, 3.05) is 0 Å². The molecule has 1 atom stereocenters. The van der Waals surface area contributed by atoms with Crippen molar-refractivity contribution in [1.29, 1.82) is 0 Å². The molecule has 16 heavy (non-hydrogen) atoms. The van der Waals surface area contributed by atoms with E-state index in [1.165, 1.54) is 0 Å². The van der Waals surface area contributed by atoms with Crippen molar-refractivity contribution in [1.82, 2.24) is 4.57 Å². The number of carbonyl (C=O) groups is 1. The van der Waals surface area contributed by atoms with Crippen LogP contribution in [0.25, 0.3) is 10.9 Å². The maximum atomic E-state index is 10.9. The Balaban J connectivity index is 2.13. The van der Waals surface area contributed by atoms with Crippen LogP contribution in [0.1, 0.15) is 5.69 Å². The lowest BCUT2D eigenvalue weighted by Gasteiger charge is -2.03. The highest BCUT2D eigenvalue weighted by atomic mass is 35.5. The summed E-state index contributed by atoms with van der Waals surface area (Å²) in [5, 5.41) is 10.8. The van der Waals surface area contributed by atoms with Crippen LogP contribution in [0, 0.1) is 5.92 Å². The topological polar surface area (TPSA) is 42.2 Å². The summed E-state index contributed by atoms with van der Waals surface area (Å²) in [6.07, 6.45) is 0.613. The number of rotatable bonds is 1. The Hall–Kier alpha value is -1.48. The van der Waals surface area contributed by atoms with Crippen LogP contribution in [-0.2, 0) is 17.8 Å². The normalized spacial score (nSPS) is 18.9. The molecule has 0 aliphatic carbocycles. The number of benzene rings is 1. The van der Waals surface area contributed by atoms with Gasteiger partial charge in [0.15, 0.2) is 0 Å². The molecule has 2 heterocycles. The fourth-order valence-corrected chi connectivity index (χ4v) is 2.54. The van der Waals surface area contributed by atoms with Crippen molar-refractivity contribution in [3.8, 4) is 0 Å². The second-order valence-electron chi connectivity index (χ2n) is 4.19. The van der Waals surface area contributed by atoms with Crippen molar-refractivity contribution in [2.45, 2.75) is 13.0 Å². The van der Waals surface area contributed by atoms with Crippen LogP contribution in [0.2, 0.25) is 5.02 Å². The monoisotopic (exact) mass is 235 g/mol. The zero-order valence-corrected chi connectivity index (χ0v) is 9.24. The van der Waals surface area contributed by atoms with E-state index in [0.29, 0.717) is 18.0 Å². The van der Waals surface area contributed by atoms with Crippen LogP contribution < -0.4 is 0 Å². The van der Waals surface area contributed by atoms with Crippen molar-refractivity contribution in [3.05, 3.63) is 35.0 Å². The average Bonchev–Trinajstić information content (AvgIpc) is 2.75. The number of hydrogen-bond donors (Lipinski definition) is 1. The predicted octanol–water partition coefficient (Wildman–Crippen LogP) is 2.55. The summed E-state index contributed by atoms with van der Waals surface area (Å²) in [4.78, 5) is 10.9. The second-order valence-corrected chi connectivity index (χ2v) is 4.63. The van der Waals surface area contributed by atoms with Gasteiger partial charge in [-0.25, -0.2) is 0 Å². The lowest BCUT2D eigenvalue weighted by atomic mass is 10.1. The van der Waals surface area contributed by atoms with Crippen LogP contribution in [0.4, 0.5) is 0 Å². The fourth-order valence-electron chi connectivity index (χ4n) is 2.37. The van der Waals surface area contributed by atoms with Crippen LogP contribution in [-0.4, -0.2) is 15.6 Å². The third-order valence-electron chi connectivity index (χ3n) is 3.16. The number of fused-ring (bicyclic) bond motifs is 3. The maximum absolute atomic E-state index is 10.9. The quantitative estimate of drug-likeness (QED) is 0.826. The summed E-state index contributed by atoms with van der Waals surface area (Å²) in [6.45, 7) is 0.550. The van der Waals surface area contributed by atoms with E-state index in [-0.39, 0.29) is 5.92 Å². The van der Waals surface area contributed by atoms with E-state index in [2.05, 4.69) is 10.6 Å². The first-order valence-electron chi connectivity index (χ1n) is 5.15. The lowest BCUT2D eigenvalue weighted by Crippen LogP contribution is -2.14. The molecule has 1 aromatic carbocycles. The molecule has 3 nitrogen and oxygen atoms in total. The Kier molecular flexibility index (Phi) is 1.98. The second kappa shape index (κ2) is 3.25. The summed E-state index contributed by atoms with van der Waals surface area (Å²) in [5.74, 6) is -1.02. The van der Waals surface area contributed by atoms with Gasteiger partial charge in [0.25, 0.3) is 0 Å². The van der Waals surface area contributed by atoms with E-state index < -0.39 is 5.97 Å². The predicted molar refractivity (Wildman–Crippen MR) is 61.8 cm³/mol. The summed E-state index contributed by atoms with van der Waals surface area (Å²) < 4.78 is 2.06. The number of nitrogens with zero attached hydrogens (tertiary/aromatic N) is 1. The molecule has 0 amide bonds. The standard InChI is InChI=1S/C12H10ClNO2/c13-9-2-1-7-3-10-4-8(12(15)16)6-14(10)11(7)5-9/h1-3,5,8H,4,6H2,(H,15,16). The molecule has 0 spiro atoms. The lowest BCUT2D eigenvalue weighted by molar-refractivity contribution is -0.141. The Morgan fingerprint density at radius 1 is 1.44 bits per heavy atom. The van der Waals surface area contributed by atoms with Gasteiger partial charge < -0.3 is 9.67 Å². The molecule has 0 saturated carbocycles. The Morgan fingerprint density at radius 2 is 2.25 bits per heavy atom. The molecular weight excluding hydrogens is 226 g/mol. The number of hydrogen-bond acceptors (Lipinski definition) is 1. The fraction of sp³-hybridized carbons (Fsp3) is 0.250. The minimum Gasteiger partial charge on any atom is -0.481 e. The number of aromatic nitrogens is 1. The van der Waals surface area contributed by atoms with Gasteiger partial charge in [-0.05, 0) is 23.6 Å². The van der Waals surface area contributed by atoms with Gasteiger partial charge in [0, 0.05) is 29.2 Å². The zero-order valence-electron chi connectivity index (χ0n) is 8.48. The Morgan fingerprint density at radius 3 is 3.00 bits per heavy atom. The van der Waals surface area contributed by atoms with Crippen molar-refractivity contribution in [2.24, 2.45) is 5.92 Å². The SMILES string of the molecule is O=C(O)C1Cc2cc3ccc(Cl)cc3n2C1. The van der Waals surface area contributed by atoms with Crippen molar-refractivity contribution < 1.29 is 9.90 Å². The third kappa shape index (κ3) is 1.32. The van der Waals surface area contributed by atoms with E-state index >= 15 is 0 Å². The van der Waals surface area contributed by atoms with Gasteiger partial charge >= 0.3 is 5.97 Å². The summed E-state index contributed by atoms with van der Waals surface area (Å²) in [7, 11) is 0. The van der Waals surface area contributed by atoms with E-state index in [9.17, 15) is 4.79 Å². The van der Waals surface area contributed by atoms with Gasteiger partial charge in [-0.2, -0.15) is 0 Å². The molecule has 1 unspecified atom stereocenters. The largest absolute Gasteiger partial charge is 0.481 e. The summed E-state index contributed by atoms with van der Waals surface area (Å²) >= 11 is 5.95. The van der Waals surface area contributed by atoms with Gasteiger partial charge in [-0.3, -0.25) is 4.79 Å². The van der Waals surface area contributed by atoms with Gasteiger partial charge in [0.05, 0.1) is 5.92 Å². The number of aliphatic carboxylic acids is 1. The molecule has 0 saturated heterocycles. The first-order valence-corrected chi connectivity index (χ1v) is 5.53. The van der Waals surface area contributed by atoms with E-state index in [1.807, 2.05) is 18.2 Å². The smallest absolute Gasteiger partial charge is 0.308 e. The van der Waals surface area contributed by atoms with Crippen LogP contribution in [0.15, 0.2) is 24.3 Å². The van der Waals surface area contributed by atoms with E-state index in [0.717, 1.165) is 16.6 Å². The highest BCUT2D eigenvalue weighted by Crippen LogP contribution is 2.30. The molecule has 3 rings (SSSR count). The molecule has 1 N–H and O–H groups in total. The Labute approximate surface area is 97.2 Å². The molecule has 0 radical (unpaired) electrons. The number of halogens is 1. The minimum atomic E-state index is -0.723. The third-order valence-corrected chi connectivity index (χ3v) is 3.39. The molecule has 4 heteroatoms. The van der Waals surface area contributed by atoms with Gasteiger partial charge in [-0.1, -0.05) is 17.7 Å². The van der Waals surface area contributed by atoms with Gasteiger partial charge in [-0.15, -0.1) is 0 Å². The van der Waals surface area contributed by atoms with Crippen LogP contribution >= 0.6 is 11.6 Å². The van der Waals surface area contributed by atoms with Crippen molar-refractivity contribution >= 4 is 28.5 Å². The first-order chi connectivity index (χ1) is 7.65. The molecule has 0 fully saturated rings. The highest BCUT2D eigenvalue weighted by molar-refractivity contribution is 6.31. The van der Waals surface area contributed by atoms with Crippen molar-refractivity contribution in [3.63, 3.8) is 0 Å². The van der Waals surface area contributed by atoms with Gasteiger partial charge in [0.1, 0.15) is 0 Å². The summed E-state index contributed by atoms with van der Waals surface area (Å²) in [6, 6.07) is 7.77. The first kappa shape index (κ1) is 9.73. The molecule has 1 aliphatic heterocycles. The molecule has 2 aromatic rings. The van der Waals surface area contributed by atoms with E-state index in [1.54, 1.807) is 0 Å². The molecule has 1 aliphatic rings. The molecule has 0 bridgehead atoms. The average molecular weight is 236 g/mol. The highest BCUT2D eigenvalue weighted by Gasteiger charge is 2.28. The zero-order chi connectivity index (χ0) is 11.3. The Bertz CT molecular complexity index is 588. The number of carboxylic acids is 1. The molecule has 1 aromatic heterocycles. The van der Waals surface area contributed by atoms with Crippen LogP contribution in [0.5, 0.6) is 0 Å². The van der Waals surface area contributed by atoms with Gasteiger partial charge in [0.2, 0.25) is 0 Å². The molecule has 82 valence electrons. The van der Waals surface area contributed by atoms with Crippen LogP contribution in [0.3, 0.4) is 0 Å². The summed E-state index contributed by atoms with van der Waals surface area (Å²) in [5.41, 5.74) is 2.12. The maximum Gasteiger partial charge on any atom is 0.308 e. The van der Waals surface area contributed by atoms with E-state index in [4.69, 9.17) is 16.7 Å².